The Balaban J connectivity index is 1.40. The van der Waals surface area contributed by atoms with Crippen LogP contribution in [0.4, 0.5) is 0 Å². The zero-order valence-electron chi connectivity index (χ0n) is 18.3. The summed E-state index contributed by atoms with van der Waals surface area (Å²) in [5.41, 5.74) is 3.49. The highest BCUT2D eigenvalue weighted by molar-refractivity contribution is 7.89. The molecule has 0 N–H and O–H groups in total. The Bertz CT molecular complexity index is 1030. The number of benzene rings is 1. The molecule has 0 bridgehead atoms. The highest BCUT2D eigenvalue weighted by Crippen LogP contribution is 2.30. The molecule has 1 unspecified atom stereocenters. The molecule has 1 aliphatic heterocycles. The lowest BCUT2D eigenvalue weighted by atomic mass is 9.92. The Morgan fingerprint density at radius 2 is 1.71 bits per heavy atom. The van der Waals surface area contributed by atoms with Gasteiger partial charge in [0.15, 0.2) is 0 Å². The van der Waals surface area contributed by atoms with Crippen LogP contribution in [-0.2, 0) is 27.7 Å². The quantitative estimate of drug-likeness (QED) is 0.711. The number of piperidine rings is 1. The molecule has 31 heavy (non-hydrogen) atoms. The number of aryl methyl sites for hydroxylation is 2. The molecule has 1 saturated heterocycles. The van der Waals surface area contributed by atoms with E-state index in [2.05, 4.69) is 4.98 Å². The van der Waals surface area contributed by atoms with E-state index in [1.54, 1.807) is 27.7 Å². The number of carbonyl (C=O) groups excluding carboxylic acids is 1. The van der Waals surface area contributed by atoms with Gasteiger partial charge in [0.25, 0.3) is 0 Å². The fourth-order valence-electron chi connectivity index (χ4n) is 4.71. The van der Waals surface area contributed by atoms with Crippen molar-refractivity contribution in [3.63, 3.8) is 0 Å². The van der Waals surface area contributed by atoms with E-state index < -0.39 is 10.0 Å². The molecule has 1 atom stereocenters. The Morgan fingerprint density at radius 1 is 1.06 bits per heavy atom. The Kier molecular flexibility index (Phi) is 6.44. The van der Waals surface area contributed by atoms with Gasteiger partial charge in [-0.05, 0) is 86.4 Å². The van der Waals surface area contributed by atoms with Gasteiger partial charge >= 0.3 is 0 Å². The average Bonchev–Trinajstić information content (AvgIpc) is 2.83. The maximum atomic E-state index is 13.2. The van der Waals surface area contributed by atoms with Crippen LogP contribution < -0.4 is 0 Å². The molecule has 2 aliphatic rings. The zero-order chi connectivity index (χ0) is 22.0. The molecule has 7 heteroatoms. The first-order chi connectivity index (χ1) is 14.9. The molecule has 0 spiro atoms. The van der Waals surface area contributed by atoms with E-state index in [0.29, 0.717) is 30.8 Å². The fraction of sp³-hybridized carbons (Fsp3) is 0.500. The van der Waals surface area contributed by atoms with Gasteiger partial charge in [0.1, 0.15) is 0 Å². The summed E-state index contributed by atoms with van der Waals surface area (Å²) >= 11 is 0. The summed E-state index contributed by atoms with van der Waals surface area (Å²) in [4.78, 5) is 19.2. The van der Waals surface area contributed by atoms with Gasteiger partial charge in [-0.2, -0.15) is 4.31 Å². The van der Waals surface area contributed by atoms with E-state index in [9.17, 15) is 13.2 Å². The van der Waals surface area contributed by atoms with Crippen LogP contribution in [0.15, 0.2) is 47.6 Å². The first kappa shape index (κ1) is 22.0. The molecule has 0 radical (unpaired) electrons. The van der Waals surface area contributed by atoms with Gasteiger partial charge in [-0.15, -0.1) is 0 Å². The SMILES string of the molecule is CC(c1ccncc1)N(C)C(=O)C1CCN(S(=O)(=O)c2ccc3c(c2)CCCC3)CC1. The summed E-state index contributed by atoms with van der Waals surface area (Å²) in [5, 5.41) is 0. The van der Waals surface area contributed by atoms with Gasteiger partial charge in [-0.1, -0.05) is 6.07 Å². The summed E-state index contributed by atoms with van der Waals surface area (Å²) in [6.07, 6.45) is 8.85. The van der Waals surface area contributed by atoms with Crippen molar-refractivity contribution in [2.24, 2.45) is 5.92 Å². The van der Waals surface area contributed by atoms with E-state index in [4.69, 9.17) is 0 Å². The second-order valence-corrected chi connectivity index (χ2v) is 10.7. The molecular weight excluding hydrogens is 410 g/mol. The first-order valence-corrected chi connectivity index (χ1v) is 12.6. The molecule has 2 heterocycles. The van der Waals surface area contributed by atoms with Crippen molar-refractivity contribution >= 4 is 15.9 Å². The van der Waals surface area contributed by atoms with Gasteiger partial charge < -0.3 is 4.90 Å². The van der Waals surface area contributed by atoms with Crippen LogP contribution in [0.1, 0.15) is 55.3 Å². The monoisotopic (exact) mass is 441 g/mol. The average molecular weight is 442 g/mol. The highest BCUT2D eigenvalue weighted by Gasteiger charge is 2.34. The van der Waals surface area contributed by atoms with Crippen molar-refractivity contribution < 1.29 is 13.2 Å². The van der Waals surface area contributed by atoms with Crippen molar-refractivity contribution in [1.29, 1.82) is 0 Å². The maximum absolute atomic E-state index is 13.2. The summed E-state index contributed by atoms with van der Waals surface area (Å²) in [6, 6.07) is 9.39. The minimum Gasteiger partial charge on any atom is -0.339 e. The van der Waals surface area contributed by atoms with Gasteiger partial charge in [-0.25, -0.2) is 8.42 Å². The first-order valence-electron chi connectivity index (χ1n) is 11.2. The third kappa shape index (κ3) is 4.53. The molecule has 1 aromatic carbocycles. The number of pyridine rings is 1. The second-order valence-electron chi connectivity index (χ2n) is 8.72. The van der Waals surface area contributed by atoms with Crippen molar-refractivity contribution in [3.8, 4) is 0 Å². The highest BCUT2D eigenvalue weighted by atomic mass is 32.2. The summed E-state index contributed by atoms with van der Waals surface area (Å²) in [7, 11) is -1.70. The van der Waals surface area contributed by atoms with E-state index >= 15 is 0 Å². The molecule has 1 amide bonds. The van der Waals surface area contributed by atoms with Crippen LogP contribution in [0.3, 0.4) is 0 Å². The van der Waals surface area contributed by atoms with Crippen LogP contribution in [0.5, 0.6) is 0 Å². The van der Waals surface area contributed by atoms with Crippen LogP contribution in [0.25, 0.3) is 0 Å². The smallest absolute Gasteiger partial charge is 0.243 e. The molecule has 4 rings (SSSR count). The number of nitrogens with zero attached hydrogens (tertiary/aromatic N) is 3. The van der Waals surface area contributed by atoms with Crippen LogP contribution in [0.2, 0.25) is 0 Å². The van der Waals surface area contributed by atoms with E-state index in [-0.39, 0.29) is 17.9 Å². The maximum Gasteiger partial charge on any atom is 0.243 e. The minimum absolute atomic E-state index is 0.0484. The molecule has 1 aromatic heterocycles. The van der Waals surface area contributed by atoms with Gasteiger partial charge in [0.05, 0.1) is 10.9 Å². The number of amides is 1. The lowest BCUT2D eigenvalue weighted by Gasteiger charge is -2.34. The van der Waals surface area contributed by atoms with E-state index in [0.717, 1.165) is 24.8 Å². The Hall–Kier alpha value is -2.25. The predicted octanol–water partition coefficient (Wildman–Crippen LogP) is 3.58. The molecular formula is C24H31N3O3S. The van der Waals surface area contributed by atoms with E-state index in [1.807, 2.05) is 38.2 Å². The lowest BCUT2D eigenvalue weighted by Crippen LogP contribution is -2.44. The molecule has 2 aromatic rings. The number of aromatic nitrogens is 1. The predicted molar refractivity (Wildman–Crippen MR) is 120 cm³/mol. The van der Waals surface area contributed by atoms with Crippen LogP contribution in [0, 0.1) is 5.92 Å². The number of hydrogen-bond donors (Lipinski definition) is 0. The van der Waals surface area contributed by atoms with Crippen molar-refractivity contribution in [1.82, 2.24) is 14.2 Å². The van der Waals surface area contributed by atoms with Crippen molar-refractivity contribution in [2.75, 3.05) is 20.1 Å². The third-order valence-corrected chi connectivity index (χ3v) is 8.77. The largest absolute Gasteiger partial charge is 0.339 e. The fourth-order valence-corrected chi connectivity index (χ4v) is 6.23. The van der Waals surface area contributed by atoms with Crippen molar-refractivity contribution in [3.05, 3.63) is 59.4 Å². The number of carbonyl (C=O) groups is 1. The topological polar surface area (TPSA) is 70.6 Å². The third-order valence-electron chi connectivity index (χ3n) is 6.88. The molecule has 0 saturated carbocycles. The van der Waals surface area contributed by atoms with Gasteiger partial charge in [0, 0.05) is 38.4 Å². The minimum atomic E-state index is -3.52. The molecule has 6 nitrogen and oxygen atoms in total. The number of rotatable bonds is 5. The normalized spacial score (nSPS) is 18.9. The molecule has 1 fully saturated rings. The Morgan fingerprint density at radius 3 is 2.39 bits per heavy atom. The molecule has 1 aliphatic carbocycles. The number of sulfonamides is 1. The van der Waals surface area contributed by atoms with Gasteiger partial charge in [0.2, 0.25) is 15.9 Å². The number of fused-ring (bicyclic) bond motifs is 1. The van der Waals surface area contributed by atoms with Crippen LogP contribution in [-0.4, -0.2) is 48.7 Å². The van der Waals surface area contributed by atoms with Gasteiger partial charge in [-0.3, -0.25) is 9.78 Å². The summed E-state index contributed by atoms with van der Waals surface area (Å²) in [6.45, 7) is 2.77. The summed E-state index contributed by atoms with van der Waals surface area (Å²) in [5.74, 6) is -0.0700. The summed E-state index contributed by atoms with van der Waals surface area (Å²) < 4.78 is 28.0. The van der Waals surface area contributed by atoms with E-state index in [1.165, 1.54) is 17.5 Å². The zero-order valence-corrected chi connectivity index (χ0v) is 19.1. The lowest BCUT2D eigenvalue weighted by molar-refractivity contribution is -0.137. The number of hydrogen-bond acceptors (Lipinski definition) is 4. The van der Waals surface area contributed by atoms with Crippen LogP contribution >= 0.6 is 0 Å². The Labute approximate surface area is 185 Å². The standard InChI is InChI=1S/C24H31N3O3S/c1-18(19-9-13-25-14-10-19)26(2)24(28)21-11-15-27(16-12-21)31(29,30)23-8-7-20-5-3-4-6-22(20)17-23/h7-10,13-14,17-18,21H,3-6,11-12,15-16H2,1-2H3. The molecule has 166 valence electrons. The second kappa shape index (κ2) is 9.09. The van der Waals surface area contributed by atoms with Crippen molar-refractivity contribution in [2.45, 2.75) is 56.4 Å².